The van der Waals surface area contributed by atoms with Gasteiger partial charge in [-0.15, -0.1) is 0 Å². The molecule has 1 aromatic carbocycles. The van der Waals surface area contributed by atoms with Gasteiger partial charge in [0.05, 0.1) is 18.9 Å². The first-order valence-electron chi connectivity index (χ1n) is 9.76. The Morgan fingerprint density at radius 2 is 1.78 bits per heavy atom. The number of carbonyl (C=O) groups is 4. The maximum Gasteiger partial charge on any atom is 0.326 e. The van der Waals surface area contributed by atoms with Crippen molar-refractivity contribution in [1.82, 2.24) is 25.9 Å². The number of benzene rings is 1. The number of imidazole rings is 1. The predicted molar refractivity (Wildman–Crippen MR) is 112 cm³/mol. The Balaban J connectivity index is 1.79. The largest absolute Gasteiger partial charge is 0.508 e. The van der Waals surface area contributed by atoms with E-state index in [0.29, 0.717) is 11.3 Å². The second-order valence-corrected chi connectivity index (χ2v) is 7.16. The van der Waals surface area contributed by atoms with Gasteiger partial charge in [0.15, 0.2) is 0 Å². The first-order chi connectivity index (χ1) is 15.2. The third-order valence-corrected chi connectivity index (χ3v) is 4.52. The van der Waals surface area contributed by atoms with Crippen LogP contribution in [0.25, 0.3) is 0 Å². The highest BCUT2D eigenvalue weighted by atomic mass is 16.4. The average molecular weight is 446 g/mol. The SMILES string of the molecule is CC(NC(=O)CNC(=O)C(N)Cc1cnc[nH]1)C(=O)NC(Cc1ccc(O)cc1)C(=O)O. The number of aromatic nitrogens is 2. The number of aliphatic carboxylic acids is 1. The number of amides is 3. The van der Waals surface area contributed by atoms with Crippen LogP contribution in [0.15, 0.2) is 36.8 Å². The van der Waals surface area contributed by atoms with Gasteiger partial charge in [-0.2, -0.15) is 0 Å². The van der Waals surface area contributed by atoms with E-state index in [1.807, 2.05) is 0 Å². The molecule has 0 saturated heterocycles. The van der Waals surface area contributed by atoms with Gasteiger partial charge >= 0.3 is 5.97 Å². The molecule has 12 nitrogen and oxygen atoms in total. The zero-order chi connectivity index (χ0) is 23.7. The predicted octanol–water partition coefficient (Wildman–Crippen LogP) is -1.58. The molecule has 0 radical (unpaired) electrons. The summed E-state index contributed by atoms with van der Waals surface area (Å²) in [7, 11) is 0. The lowest BCUT2D eigenvalue weighted by atomic mass is 10.1. The van der Waals surface area contributed by atoms with E-state index in [1.54, 1.807) is 12.1 Å². The molecule has 0 saturated carbocycles. The molecule has 3 atom stereocenters. The highest BCUT2D eigenvalue weighted by molar-refractivity contribution is 5.92. The molecule has 32 heavy (non-hydrogen) atoms. The van der Waals surface area contributed by atoms with E-state index in [1.165, 1.54) is 31.6 Å². The van der Waals surface area contributed by atoms with Gasteiger partial charge in [-0.3, -0.25) is 14.4 Å². The number of rotatable bonds is 11. The molecule has 0 bridgehead atoms. The standard InChI is InChI=1S/C20H26N6O6/c1-11(18(29)26-16(20(31)32)6-12-2-4-14(27)5-3-12)25-17(28)9-23-19(30)15(21)7-13-8-22-10-24-13/h2-5,8,10-11,15-16,27H,6-7,9,21H2,1H3,(H,22,24)(H,23,30)(H,25,28)(H,26,29)(H,31,32). The van der Waals surface area contributed by atoms with Crippen LogP contribution in [-0.4, -0.2) is 68.5 Å². The fourth-order valence-corrected chi connectivity index (χ4v) is 2.75. The molecule has 8 N–H and O–H groups in total. The zero-order valence-corrected chi connectivity index (χ0v) is 17.4. The van der Waals surface area contributed by atoms with E-state index in [4.69, 9.17) is 5.73 Å². The highest BCUT2D eigenvalue weighted by Gasteiger charge is 2.24. The number of H-pyrrole nitrogens is 1. The number of phenolic OH excluding ortho intramolecular Hbond substituents is 1. The molecule has 12 heteroatoms. The number of carboxylic acid groups (broad SMARTS) is 1. The van der Waals surface area contributed by atoms with Crippen molar-refractivity contribution >= 4 is 23.7 Å². The van der Waals surface area contributed by atoms with Crippen LogP contribution in [0, 0.1) is 0 Å². The average Bonchev–Trinajstić information content (AvgIpc) is 3.25. The number of nitrogens with one attached hydrogen (secondary N) is 4. The van der Waals surface area contributed by atoms with Crippen LogP contribution in [0.1, 0.15) is 18.2 Å². The van der Waals surface area contributed by atoms with Crippen LogP contribution >= 0.6 is 0 Å². The summed E-state index contributed by atoms with van der Waals surface area (Å²) in [6.45, 7) is 0.988. The van der Waals surface area contributed by atoms with E-state index < -0.39 is 48.4 Å². The molecule has 3 unspecified atom stereocenters. The summed E-state index contributed by atoms with van der Waals surface area (Å²) >= 11 is 0. The minimum absolute atomic E-state index is 0.00764. The summed E-state index contributed by atoms with van der Waals surface area (Å²) in [4.78, 5) is 54.5. The van der Waals surface area contributed by atoms with Gasteiger partial charge in [-0.25, -0.2) is 9.78 Å². The minimum Gasteiger partial charge on any atom is -0.508 e. The Hall–Kier alpha value is -3.93. The van der Waals surface area contributed by atoms with Crippen molar-refractivity contribution in [2.24, 2.45) is 5.73 Å². The summed E-state index contributed by atoms with van der Waals surface area (Å²) in [5.41, 5.74) is 7.04. The number of nitrogens with zero attached hydrogens (tertiary/aromatic N) is 1. The lowest BCUT2D eigenvalue weighted by Crippen LogP contribution is -2.53. The Morgan fingerprint density at radius 3 is 2.38 bits per heavy atom. The van der Waals surface area contributed by atoms with E-state index >= 15 is 0 Å². The minimum atomic E-state index is -1.25. The van der Waals surface area contributed by atoms with E-state index in [-0.39, 0.29) is 18.6 Å². The van der Waals surface area contributed by atoms with Gasteiger partial charge in [-0.05, 0) is 24.6 Å². The van der Waals surface area contributed by atoms with Crippen LogP contribution in [0.3, 0.4) is 0 Å². The molecule has 0 spiro atoms. The molecule has 3 amide bonds. The molecule has 172 valence electrons. The number of carbonyl (C=O) groups excluding carboxylic acids is 3. The third kappa shape index (κ3) is 7.72. The maximum atomic E-state index is 12.3. The molecule has 0 fully saturated rings. The molecule has 0 aliphatic heterocycles. The quantitative estimate of drug-likeness (QED) is 0.214. The molecule has 1 aromatic heterocycles. The van der Waals surface area contributed by atoms with Gasteiger partial charge in [0.1, 0.15) is 17.8 Å². The fraction of sp³-hybridized carbons (Fsp3) is 0.350. The normalized spacial score (nSPS) is 13.4. The Kier molecular flexibility index (Phi) is 8.72. The van der Waals surface area contributed by atoms with Gasteiger partial charge in [-0.1, -0.05) is 12.1 Å². The summed E-state index contributed by atoms with van der Waals surface area (Å²) < 4.78 is 0. The number of carboxylic acids is 1. The van der Waals surface area contributed by atoms with Crippen molar-refractivity contribution in [3.8, 4) is 5.75 Å². The monoisotopic (exact) mass is 446 g/mol. The first kappa shape index (κ1) is 24.3. The zero-order valence-electron chi connectivity index (χ0n) is 17.4. The number of hydrogen-bond acceptors (Lipinski definition) is 7. The summed E-state index contributed by atoms with van der Waals surface area (Å²) in [5, 5.41) is 25.8. The van der Waals surface area contributed by atoms with Gasteiger partial charge in [0.25, 0.3) is 0 Å². The number of phenols is 1. The molecular formula is C20H26N6O6. The van der Waals surface area contributed by atoms with Crippen molar-refractivity contribution in [2.75, 3.05) is 6.54 Å². The van der Waals surface area contributed by atoms with Crippen LogP contribution in [0.5, 0.6) is 5.75 Å². The topological polar surface area (TPSA) is 200 Å². The molecule has 0 aliphatic carbocycles. The number of aromatic hydroxyl groups is 1. The summed E-state index contributed by atoms with van der Waals surface area (Å²) in [6.07, 6.45) is 3.20. The number of hydrogen-bond donors (Lipinski definition) is 7. The Bertz CT molecular complexity index is 931. The van der Waals surface area contributed by atoms with Crippen molar-refractivity contribution in [3.05, 3.63) is 48.0 Å². The maximum absolute atomic E-state index is 12.3. The van der Waals surface area contributed by atoms with Gasteiger partial charge in [0, 0.05) is 24.7 Å². The van der Waals surface area contributed by atoms with Crippen LogP contribution in [-0.2, 0) is 32.0 Å². The van der Waals surface area contributed by atoms with E-state index in [9.17, 15) is 29.4 Å². The number of aromatic amines is 1. The smallest absolute Gasteiger partial charge is 0.326 e. The third-order valence-electron chi connectivity index (χ3n) is 4.52. The van der Waals surface area contributed by atoms with E-state index in [0.717, 1.165) is 0 Å². The first-order valence-corrected chi connectivity index (χ1v) is 9.76. The summed E-state index contributed by atoms with van der Waals surface area (Å²) in [6, 6.07) is 2.75. The fourth-order valence-electron chi connectivity index (χ4n) is 2.75. The van der Waals surface area contributed by atoms with Gasteiger partial charge < -0.3 is 36.9 Å². The van der Waals surface area contributed by atoms with Crippen molar-refractivity contribution < 1.29 is 29.4 Å². The molecule has 1 heterocycles. The number of nitrogens with two attached hydrogens (primary N) is 1. The Morgan fingerprint density at radius 1 is 1.09 bits per heavy atom. The summed E-state index contributed by atoms with van der Waals surface area (Å²) in [5.74, 6) is -3.10. The second-order valence-electron chi connectivity index (χ2n) is 7.16. The Labute approximate surface area is 183 Å². The molecule has 0 aliphatic rings. The van der Waals surface area contributed by atoms with Crippen molar-refractivity contribution in [2.45, 2.75) is 37.9 Å². The van der Waals surface area contributed by atoms with Crippen LogP contribution < -0.4 is 21.7 Å². The van der Waals surface area contributed by atoms with Crippen molar-refractivity contribution in [1.29, 1.82) is 0 Å². The van der Waals surface area contributed by atoms with Crippen molar-refractivity contribution in [3.63, 3.8) is 0 Å². The molecule has 2 rings (SSSR count). The molecule has 2 aromatic rings. The lowest BCUT2D eigenvalue weighted by molar-refractivity contribution is -0.142. The molecular weight excluding hydrogens is 420 g/mol. The second kappa shape index (κ2) is 11.5. The highest BCUT2D eigenvalue weighted by Crippen LogP contribution is 2.11. The van der Waals surface area contributed by atoms with Crippen LogP contribution in [0.4, 0.5) is 0 Å². The lowest BCUT2D eigenvalue weighted by Gasteiger charge is -2.19. The van der Waals surface area contributed by atoms with Crippen LogP contribution in [0.2, 0.25) is 0 Å². The van der Waals surface area contributed by atoms with Gasteiger partial charge in [0.2, 0.25) is 17.7 Å². The van der Waals surface area contributed by atoms with E-state index in [2.05, 4.69) is 25.9 Å².